The molecule has 6 heteroatoms. The Balaban J connectivity index is 1.83. The van der Waals surface area contributed by atoms with E-state index < -0.39 is 0 Å². The van der Waals surface area contributed by atoms with E-state index in [2.05, 4.69) is 23.6 Å². The maximum absolute atomic E-state index is 13.4. The van der Waals surface area contributed by atoms with E-state index in [4.69, 9.17) is 0 Å². The summed E-state index contributed by atoms with van der Waals surface area (Å²) in [7, 11) is 0. The predicted molar refractivity (Wildman–Crippen MR) is 120 cm³/mol. The fraction of sp³-hybridized carbons (Fsp3) is 0.304. The Morgan fingerprint density at radius 3 is 2.69 bits per heavy atom. The lowest BCUT2D eigenvalue weighted by Crippen LogP contribution is -2.35. The number of thioether (sulfide) groups is 1. The molecule has 0 saturated carbocycles. The van der Waals surface area contributed by atoms with Crippen LogP contribution in [0.1, 0.15) is 42.5 Å². The average Bonchev–Trinajstić information content (AvgIpc) is 3.08. The SMILES string of the molecule is CSc1sc(C)cc1[C@@H]1C(C(=O)Nc2ccccc2)=C(C)NC2=C1C(=O)CCC2. The number of allylic oxidation sites excluding steroid dienone is 3. The van der Waals surface area contributed by atoms with Crippen molar-refractivity contribution in [2.45, 2.75) is 43.2 Å². The van der Waals surface area contributed by atoms with Crippen LogP contribution in [-0.4, -0.2) is 17.9 Å². The Labute approximate surface area is 179 Å². The van der Waals surface area contributed by atoms with Crippen LogP contribution >= 0.6 is 23.1 Å². The van der Waals surface area contributed by atoms with Crippen LogP contribution in [0.3, 0.4) is 0 Å². The van der Waals surface area contributed by atoms with Crippen molar-refractivity contribution < 1.29 is 9.59 Å². The van der Waals surface area contributed by atoms with Gasteiger partial charge in [-0.3, -0.25) is 9.59 Å². The molecule has 1 aliphatic carbocycles. The molecule has 0 saturated heterocycles. The normalized spacial score (nSPS) is 19.1. The smallest absolute Gasteiger partial charge is 0.254 e. The average molecular weight is 425 g/mol. The summed E-state index contributed by atoms with van der Waals surface area (Å²) >= 11 is 3.40. The standard InChI is InChI=1S/C23H24N2O2S2/c1-13-12-16(23(28-3)29-13)20-19(22(27)25-15-8-5-4-6-9-15)14(2)24-17-10-7-11-18(26)21(17)20/h4-6,8-9,12,20,24H,7,10-11H2,1-3H3,(H,25,27)/t20-/m1/s1. The van der Waals surface area contributed by atoms with Crippen molar-refractivity contribution in [2.75, 3.05) is 11.6 Å². The number of benzene rings is 1. The molecule has 1 amide bonds. The predicted octanol–water partition coefficient (Wildman–Crippen LogP) is 5.39. The van der Waals surface area contributed by atoms with Crippen LogP contribution in [0, 0.1) is 6.92 Å². The van der Waals surface area contributed by atoms with Gasteiger partial charge in [-0.1, -0.05) is 18.2 Å². The van der Waals surface area contributed by atoms with Gasteiger partial charge in [0.1, 0.15) is 0 Å². The maximum Gasteiger partial charge on any atom is 0.254 e. The van der Waals surface area contributed by atoms with Crippen LogP contribution in [0.15, 0.2) is 63.1 Å². The number of hydrogen-bond acceptors (Lipinski definition) is 5. The summed E-state index contributed by atoms with van der Waals surface area (Å²) in [5, 5.41) is 6.41. The van der Waals surface area contributed by atoms with Crippen molar-refractivity contribution in [1.29, 1.82) is 0 Å². The maximum atomic E-state index is 13.4. The molecule has 4 nitrogen and oxygen atoms in total. The van der Waals surface area contributed by atoms with Gasteiger partial charge in [0, 0.05) is 45.4 Å². The first-order chi connectivity index (χ1) is 14.0. The van der Waals surface area contributed by atoms with E-state index >= 15 is 0 Å². The summed E-state index contributed by atoms with van der Waals surface area (Å²) in [4.78, 5) is 27.6. The fourth-order valence-electron chi connectivity index (χ4n) is 4.19. The van der Waals surface area contributed by atoms with Crippen LogP contribution in [0.25, 0.3) is 0 Å². The molecule has 0 spiro atoms. The fourth-order valence-corrected chi connectivity index (χ4v) is 6.10. The van der Waals surface area contributed by atoms with Gasteiger partial charge in [-0.05, 0) is 56.7 Å². The zero-order valence-electron chi connectivity index (χ0n) is 16.8. The number of thiophene rings is 1. The number of rotatable bonds is 4. The van der Waals surface area contributed by atoms with Crippen molar-refractivity contribution >= 4 is 40.5 Å². The topological polar surface area (TPSA) is 58.2 Å². The van der Waals surface area contributed by atoms with Crippen LogP contribution in [0.5, 0.6) is 0 Å². The summed E-state index contributed by atoms with van der Waals surface area (Å²) in [6.07, 6.45) is 4.30. The number of Topliss-reactive ketones (excluding diaryl/α,β-unsaturated/α-hetero) is 1. The number of anilines is 1. The first-order valence-electron chi connectivity index (χ1n) is 9.74. The highest BCUT2D eigenvalue weighted by molar-refractivity contribution is 8.00. The van der Waals surface area contributed by atoms with Crippen LogP contribution in [0.2, 0.25) is 0 Å². The molecule has 150 valence electrons. The van der Waals surface area contributed by atoms with Crippen molar-refractivity contribution in [2.24, 2.45) is 0 Å². The van der Waals surface area contributed by atoms with E-state index in [-0.39, 0.29) is 17.6 Å². The lowest BCUT2D eigenvalue weighted by atomic mass is 9.75. The van der Waals surface area contributed by atoms with E-state index in [1.807, 2.05) is 43.5 Å². The molecule has 29 heavy (non-hydrogen) atoms. The van der Waals surface area contributed by atoms with E-state index in [0.29, 0.717) is 12.0 Å². The van der Waals surface area contributed by atoms with Crippen molar-refractivity contribution in [3.63, 3.8) is 0 Å². The molecule has 0 unspecified atom stereocenters. The summed E-state index contributed by atoms with van der Waals surface area (Å²) in [6.45, 7) is 4.01. The van der Waals surface area contributed by atoms with Crippen LogP contribution < -0.4 is 10.6 Å². The highest BCUT2D eigenvalue weighted by atomic mass is 32.2. The van der Waals surface area contributed by atoms with Crippen LogP contribution in [-0.2, 0) is 9.59 Å². The van der Waals surface area contributed by atoms with Gasteiger partial charge in [0.25, 0.3) is 5.91 Å². The molecule has 1 atom stereocenters. The molecule has 1 aromatic heterocycles. The molecule has 2 N–H and O–H groups in total. The highest BCUT2D eigenvalue weighted by Crippen LogP contribution is 2.47. The largest absolute Gasteiger partial charge is 0.362 e. The summed E-state index contributed by atoms with van der Waals surface area (Å²) in [5.41, 5.74) is 5.03. The van der Waals surface area contributed by atoms with E-state index in [1.54, 1.807) is 23.1 Å². The van der Waals surface area contributed by atoms with Gasteiger partial charge in [0.05, 0.1) is 4.21 Å². The summed E-state index contributed by atoms with van der Waals surface area (Å²) < 4.78 is 1.16. The second-order valence-electron chi connectivity index (χ2n) is 7.39. The number of hydrogen-bond donors (Lipinski definition) is 2. The first-order valence-corrected chi connectivity index (χ1v) is 11.8. The molecular weight excluding hydrogens is 400 g/mol. The quantitative estimate of drug-likeness (QED) is 0.647. The molecular formula is C23H24N2O2S2. The number of amides is 1. The minimum Gasteiger partial charge on any atom is -0.362 e. The van der Waals surface area contributed by atoms with Gasteiger partial charge >= 0.3 is 0 Å². The van der Waals surface area contributed by atoms with Crippen molar-refractivity contribution in [3.8, 4) is 0 Å². The zero-order chi connectivity index (χ0) is 20.5. The molecule has 0 fully saturated rings. The van der Waals surface area contributed by atoms with Gasteiger partial charge in [-0.25, -0.2) is 0 Å². The van der Waals surface area contributed by atoms with Crippen molar-refractivity contribution in [3.05, 3.63) is 69.4 Å². The molecule has 1 aromatic carbocycles. The van der Waals surface area contributed by atoms with Gasteiger partial charge in [-0.2, -0.15) is 0 Å². The van der Waals surface area contributed by atoms with Crippen LogP contribution in [0.4, 0.5) is 5.69 Å². The zero-order valence-corrected chi connectivity index (χ0v) is 18.4. The first kappa shape index (κ1) is 20.0. The Bertz CT molecular complexity index is 1030. The van der Waals surface area contributed by atoms with Gasteiger partial charge in [-0.15, -0.1) is 23.1 Å². The van der Waals surface area contributed by atoms with Gasteiger partial charge < -0.3 is 10.6 Å². The number of ketones is 1. The van der Waals surface area contributed by atoms with Gasteiger partial charge in [0.15, 0.2) is 5.78 Å². The minimum atomic E-state index is -0.324. The van der Waals surface area contributed by atoms with Crippen molar-refractivity contribution in [1.82, 2.24) is 5.32 Å². The Morgan fingerprint density at radius 2 is 1.97 bits per heavy atom. The number of carbonyl (C=O) groups excluding carboxylic acids is 2. The van der Waals surface area contributed by atoms with Gasteiger partial charge in [0.2, 0.25) is 0 Å². The molecule has 0 bridgehead atoms. The Kier molecular flexibility index (Phi) is 5.65. The second-order valence-corrected chi connectivity index (χ2v) is 9.72. The van der Waals surface area contributed by atoms with E-state index in [0.717, 1.165) is 45.3 Å². The third-order valence-corrected chi connectivity index (χ3v) is 7.61. The molecule has 2 heterocycles. The van der Waals surface area contributed by atoms with E-state index in [9.17, 15) is 9.59 Å². The lowest BCUT2D eigenvalue weighted by Gasteiger charge is -2.34. The Morgan fingerprint density at radius 1 is 1.21 bits per heavy atom. The number of nitrogens with one attached hydrogen (secondary N) is 2. The molecule has 1 aliphatic heterocycles. The highest BCUT2D eigenvalue weighted by Gasteiger charge is 2.39. The number of aryl methyl sites for hydroxylation is 1. The molecule has 2 aromatic rings. The lowest BCUT2D eigenvalue weighted by molar-refractivity contribution is -0.116. The Hall–Kier alpha value is -2.31. The molecule has 2 aliphatic rings. The third-order valence-electron chi connectivity index (χ3n) is 5.40. The number of dihydropyridines is 1. The minimum absolute atomic E-state index is 0.150. The summed E-state index contributed by atoms with van der Waals surface area (Å²) in [5.74, 6) is -0.334. The number of para-hydroxylation sites is 1. The second kappa shape index (κ2) is 8.20. The molecule has 0 radical (unpaired) electrons. The number of carbonyl (C=O) groups is 2. The molecule has 4 rings (SSSR count). The summed E-state index contributed by atoms with van der Waals surface area (Å²) in [6, 6.07) is 11.6. The third kappa shape index (κ3) is 3.79. The van der Waals surface area contributed by atoms with E-state index in [1.165, 1.54) is 4.88 Å². The monoisotopic (exact) mass is 424 g/mol.